The molecule has 2 fully saturated rings. The lowest BCUT2D eigenvalue weighted by Gasteiger charge is -2.31. The standard InChI is InChI=1S/C20H24ClN3O4/c21-19-18(22-10-13-2-1-7-27-12-13)11-23-24(20(19)26)14-3-5-16(6-4-14)28-17-8-15(25)9-17/h3-6,11,13,15,17,22,25H,1-2,7-10,12H2/t13-,15-,17+/m0/s1. The fourth-order valence-corrected chi connectivity index (χ4v) is 3.65. The van der Waals surface area contributed by atoms with E-state index >= 15 is 0 Å². The van der Waals surface area contributed by atoms with Crippen LogP contribution in [0.2, 0.25) is 5.02 Å². The number of aliphatic hydroxyl groups excluding tert-OH is 1. The third-order valence-electron chi connectivity index (χ3n) is 5.21. The summed E-state index contributed by atoms with van der Waals surface area (Å²) in [5.74, 6) is 1.12. The lowest BCUT2D eigenvalue weighted by atomic mass is 9.92. The zero-order chi connectivity index (χ0) is 19.5. The third kappa shape index (κ3) is 4.32. The summed E-state index contributed by atoms with van der Waals surface area (Å²) in [6.45, 7) is 2.25. The molecular formula is C20H24ClN3O4. The van der Waals surface area contributed by atoms with Crippen LogP contribution in [0.25, 0.3) is 5.69 Å². The van der Waals surface area contributed by atoms with Gasteiger partial charge in [0.25, 0.3) is 5.56 Å². The van der Waals surface area contributed by atoms with Crippen molar-refractivity contribution in [3.05, 3.63) is 45.8 Å². The molecule has 28 heavy (non-hydrogen) atoms. The number of ether oxygens (including phenoxy) is 2. The van der Waals surface area contributed by atoms with E-state index < -0.39 is 0 Å². The molecule has 150 valence electrons. The number of nitrogens with one attached hydrogen (secondary N) is 1. The second-order valence-electron chi connectivity index (χ2n) is 7.41. The fraction of sp³-hybridized carbons (Fsp3) is 0.500. The molecule has 4 rings (SSSR count). The van der Waals surface area contributed by atoms with Crippen molar-refractivity contribution < 1.29 is 14.6 Å². The Morgan fingerprint density at radius 1 is 1.32 bits per heavy atom. The van der Waals surface area contributed by atoms with Crippen molar-refractivity contribution in [2.75, 3.05) is 25.1 Å². The summed E-state index contributed by atoms with van der Waals surface area (Å²) >= 11 is 6.29. The number of benzene rings is 1. The molecule has 2 heterocycles. The van der Waals surface area contributed by atoms with Crippen molar-refractivity contribution in [1.82, 2.24) is 9.78 Å². The van der Waals surface area contributed by atoms with Crippen LogP contribution in [-0.4, -0.2) is 46.9 Å². The van der Waals surface area contributed by atoms with Gasteiger partial charge < -0.3 is 19.9 Å². The van der Waals surface area contributed by atoms with Gasteiger partial charge >= 0.3 is 0 Å². The van der Waals surface area contributed by atoms with Gasteiger partial charge in [0.15, 0.2) is 0 Å². The van der Waals surface area contributed by atoms with Gasteiger partial charge in [-0.15, -0.1) is 0 Å². The van der Waals surface area contributed by atoms with Crippen LogP contribution in [0.3, 0.4) is 0 Å². The maximum Gasteiger partial charge on any atom is 0.292 e. The van der Waals surface area contributed by atoms with Gasteiger partial charge in [0.2, 0.25) is 0 Å². The van der Waals surface area contributed by atoms with Crippen molar-refractivity contribution in [3.63, 3.8) is 0 Å². The van der Waals surface area contributed by atoms with Crippen LogP contribution in [0.15, 0.2) is 35.3 Å². The molecule has 2 aromatic rings. The van der Waals surface area contributed by atoms with Gasteiger partial charge in [-0.1, -0.05) is 11.6 Å². The van der Waals surface area contributed by atoms with Gasteiger partial charge in [0, 0.05) is 26.0 Å². The molecule has 7 nitrogen and oxygen atoms in total. The summed E-state index contributed by atoms with van der Waals surface area (Å²) in [4.78, 5) is 12.6. The van der Waals surface area contributed by atoms with Crippen molar-refractivity contribution in [2.45, 2.75) is 37.9 Å². The molecule has 1 aliphatic carbocycles. The van der Waals surface area contributed by atoms with Gasteiger partial charge in [0.05, 0.1) is 30.3 Å². The largest absolute Gasteiger partial charge is 0.490 e. The molecule has 0 bridgehead atoms. The topological polar surface area (TPSA) is 85.6 Å². The maximum atomic E-state index is 12.6. The number of nitrogens with zero attached hydrogens (tertiary/aromatic N) is 2. The number of hydrogen-bond donors (Lipinski definition) is 2. The van der Waals surface area contributed by atoms with Crippen LogP contribution in [-0.2, 0) is 4.74 Å². The first-order valence-corrected chi connectivity index (χ1v) is 10.0. The Kier molecular flexibility index (Phi) is 5.85. The minimum absolute atomic E-state index is 0.0519. The third-order valence-corrected chi connectivity index (χ3v) is 5.57. The highest BCUT2D eigenvalue weighted by Gasteiger charge is 2.28. The summed E-state index contributed by atoms with van der Waals surface area (Å²) in [5.41, 5.74) is 0.777. The summed E-state index contributed by atoms with van der Waals surface area (Å²) in [6.07, 6.45) is 4.83. The number of halogens is 1. The SMILES string of the molecule is O=c1c(Cl)c(NC[C@@H]2CCCOC2)cnn1-c1ccc(O[C@H]2C[C@@H](O)C2)cc1. The highest BCUT2D eigenvalue weighted by Crippen LogP contribution is 2.26. The number of anilines is 1. The van der Waals surface area contributed by atoms with Crippen molar-refractivity contribution in [3.8, 4) is 11.4 Å². The molecule has 1 aliphatic heterocycles. The number of rotatable bonds is 6. The van der Waals surface area contributed by atoms with Crippen LogP contribution in [0.4, 0.5) is 5.69 Å². The predicted molar refractivity (Wildman–Crippen MR) is 107 cm³/mol. The van der Waals surface area contributed by atoms with E-state index in [-0.39, 0.29) is 22.8 Å². The molecule has 0 unspecified atom stereocenters. The quantitative estimate of drug-likeness (QED) is 0.768. The van der Waals surface area contributed by atoms with Crippen molar-refractivity contribution >= 4 is 17.3 Å². The Morgan fingerprint density at radius 3 is 2.79 bits per heavy atom. The van der Waals surface area contributed by atoms with Gasteiger partial charge in [-0.2, -0.15) is 9.78 Å². The first-order chi connectivity index (χ1) is 13.6. The second kappa shape index (κ2) is 8.51. The molecule has 8 heteroatoms. The molecule has 0 spiro atoms. The molecule has 1 aromatic carbocycles. The van der Waals surface area contributed by atoms with E-state index in [1.54, 1.807) is 30.5 Å². The van der Waals surface area contributed by atoms with Crippen LogP contribution in [0.5, 0.6) is 5.75 Å². The van der Waals surface area contributed by atoms with Gasteiger partial charge in [-0.05, 0) is 43.0 Å². The zero-order valence-corrected chi connectivity index (χ0v) is 16.3. The molecule has 2 aliphatic rings. The van der Waals surface area contributed by atoms with Crippen molar-refractivity contribution in [2.24, 2.45) is 5.92 Å². The Hall–Kier alpha value is -2.09. The summed E-state index contributed by atoms with van der Waals surface area (Å²) in [7, 11) is 0. The average Bonchev–Trinajstić information content (AvgIpc) is 2.69. The Morgan fingerprint density at radius 2 is 2.11 bits per heavy atom. The van der Waals surface area contributed by atoms with Gasteiger partial charge in [0.1, 0.15) is 16.9 Å². The first kappa shape index (κ1) is 19.2. The van der Waals surface area contributed by atoms with E-state index in [1.807, 2.05) is 0 Å². The van der Waals surface area contributed by atoms with E-state index in [2.05, 4.69) is 10.4 Å². The minimum atomic E-state index is -0.373. The summed E-state index contributed by atoms with van der Waals surface area (Å²) in [5, 5.41) is 16.9. The smallest absolute Gasteiger partial charge is 0.292 e. The van der Waals surface area contributed by atoms with E-state index in [4.69, 9.17) is 21.1 Å². The molecular weight excluding hydrogens is 382 g/mol. The molecule has 0 amide bonds. The predicted octanol–water partition coefficient (Wildman–Crippen LogP) is 2.63. The lowest BCUT2D eigenvalue weighted by Crippen LogP contribution is -2.37. The summed E-state index contributed by atoms with van der Waals surface area (Å²) in [6, 6.07) is 7.11. The van der Waals surface area contributed by atoms with Crippen molar-refractivity contribution in [1.29, 1.82) is 0 Å². The molecule has 2 N–H and O–H groups in total. The highest BCUT2D eigenvalue weighted by molar-refractivity contribution is 6.32. The molecule has 0 radical (unpaired) electrons. The lowest BCUT2D eigenvalue weighted by molar-refractivity contribution is -0.0107. The zero-order valence-electron chi connectivity index (χ0n) is 15.5. The molecule has 1 saturated carbocycles. The average molecular weight is 406 g/mol. The van der Waals surface area contributed by atoms with Gasteiger partial charge in [-0.3, -0.25) is 4.79 Å². The Balaban J connectivity index is 1.43. The first-order valence-electron chi connectivity index (χ1n) is 9.65. The molecule has 1 aromatic heterocycles. The van der Waals surface area contributed by atoms with Crippen LogP contribution >= 0.6 is 11.6 Å². The van der Waals surface area contributed by atoms with E-state index in [0.29, 0.717) is 42.4 Å². The maximum absolute atomic E-state index is 12.6. The van der Waals surface area contributed by atoms with E-state index in [0.717, 1.165) is 26.1 Å². The molecule has 1 saturated heterocycles. The number of aliphatic hydroxyl groups is 1. The minimum Gasteiger partial charge on any atom is -0.490 e. The molecule has 1 atom stereocenters. The van der Waals surface area contributed by atoms with E-state index in [9.17, 15) is 9.90 Å². The summed E-state index contributed by atoms with van der Waals surface area (Å²) < 4.78 is 12.5. The normalized spacial score (nSPS) is 24.4. The number of hydrogen-bond acceptors (Lipinski definition) is 6. The Bertz CT molecular complexity index is 859. The highest BCUT2D eigenvalue weighted by atomic mass is 35.5. The van der Waals surface area contributed by atoms with Crippen LogP contribution in [0.1, 0.15) is 25.7 Å². The van der Waals surface area contributed by atoms with Crippen LogP contribution in [0, 0.1) is 5.92 Å². The number of aromatic nitrogens is 2. The van der Waals surface area contributed by atoms with Gasteiger partial charge in [-0.25, -0.2) is 0 Å². The second-order valence-corrected chi connectivity index (χ2v) is 7.79. The van der Waals surface area contributed by atoms with Crippen LogP contribution < -0.4 is 15.6 Å². The monoisotopic (exact) mass is 405 g/mol. The van der Waals surface area contributed by atoms with E-state index in [1.165, 1.54) is 4.68 Å². The Labute approximate surface area is 168 Å². The fourth-order valence-electron chi connectivity index (χ4n) is 3.46.